The van der Waals surface area contributed by atoms with Gasteiger partial charge in [-0.15, -0.1) is 0 Å². The summed E-state index contributed by atoms with van der Waals surface area (Å²) in [6.07, 6.45) is 1.85. The van der Waals surface area contributed by atoms with E-state index >= 15 is 0 Å². The molecule has 0 fully saturated rings. The molecule has 2 aromatic rings. The maximum atomic E-state index is 5.62. The third-order valence-electron chi connectivity index (χ3n) is 2.65. The highest BCUT2D eigenvalue weighted by atomic mass is 16.5. The molecule has 0 radical (unpaired) electrons. The summed E-state index contributed by atoms with van der Waals surface area (Å²) in [7, 11) is 0. The molecule has 2 rings (SSSR count). The Morgan fingerprint density at radius 3 is 2.47 bits per heavy atom. The lowest BCUT2D eigenvalue weighted by molar-refractivity contribution is 0.339. The molecule has 0 saturated carbocycles. The Bertz CT molecular complexity index is 500. The molecular weight excluding hydrogens is 208 g/mol. The van der Waals surface area contributed by atoms with Gasteiger partial charge in [-0.2, -0.15) is 0 Å². The molecule has 0 unspecified atom stereocenters. The van der Waals surface area contributed by atoms with Crippen LogP contribution in [0, 0.1) is 0 Å². The van der Waals surface area contributed by atoms with Gasteiger partial charge in [0.05, 0.1) is 6.61 Å². The van der Waals surface area contributed by atoms with E-state index in [9.17, 15) is 0 Å². The second kappa shape index (κ2) is 5.35. The summed E-state index contributed by atoms with van der Waals surface area (Å²) in [5.41, 5.74) is 3.40. The smallest absolute Gasteiger partial charge is 0.127 e. The molecule has 0 saturated heterocycles. The van der Waals surface area contributed by atoms with Gasteiger partial charge in [0.2, 0.25) is 0 Å². The van der Waals surface area contributed by atoms with Crippen LogP contribution in [0.25, 0.3) is 17.2 Å². The van der Waals surface area contributed by atoms with Crippen LogP contribution in [0.3, 0.4) is 0 Å². The number of hydrogen-bond donors (Lipinski definition) is 0. The highest BCUT2D eigenvalue weighted by molar-refractivity contribution is 5.78. The van der Waals surface area contributed by atoms with E-state index in [1.165, 1.54) is 5.56 Å². The molecule has 0 aromatic heterocycles. The van der Waals surface area contributed by atoms with Crippen LogP contribution >= 0.6 is 0 Å². The minimum absolute atomic E-state index is 0.666. The van der Waals surface area contributed by atoms with Crippen LogP contribution in [-0.4, -0.2) is 6.61 Å². The zero-order chi connectivity index (χ0) is 12.1. The number of benzene rings is 2. The quantitative estimate of drug-likeness (QED) is 0.748. The number of hydrogen-bond acceptors (Lipinski definition) is 1. The summed E-state index contributed by atoms with van der Waals surface area (Å²) in [5, 5.41) is 0. The molecule has 0 amide bonds. The van der Waals surface area contributed by atoms with Crippen LogP contribution in [0.4, 0.5) is 0 Å². The van der Waals surface area contributed by atoms with Crippen molar-refractivity contribution in [1.29, 1.82) is 0 Å². The van der Waals surface area contributed by atoms with Crippen molar-refractivity contribution in [2.24, 2.45) is 0 Å². The Balaban J connectivity index is 2.54. The van der Waals surface area contributed by atoms with Crippen molar-refractivity contribution in [3.8, 4) is 16.9 Å². The molecule has 0 aliphatic carbocycles. The first kappa shape index (κ1) is 11.5. The largest absolute Gasteiger partial charge is 0.493 e. The Labute approximate surface area is 102 Å². The van der Waals surface area contributed by atoms with Gasteiger partial charge in [-0.25, -0.2) is 0 Å². The van der Waals surface area contributed by atoms with Gasteiger partial charge in [0.25, 0.3) is 0 Å². The highest BCUT2D eigenvalue weighted by Crippen LogP contribution is 2.31. The van der Waals surface area contributed by atoms with E-state index in [0.29, 0.717) is 6.61 Å². The fourth-order valence-electron chi connectivity index (χ4n) is 1.91. The Morgan fingerprint density at radius 1 is 1.06 bits per heavy atom. The van der Waals surface area contributed by atoms with Gasteiger partial charge in [-0.1, -0.05) is 55.1 Å². The monoisotopic (exact) mass is 224 g/mol. The standard InChI is InChI=1S/C16H16O/c1-3-14-15(13-9-6-5-7-10-13)11-8-12-16(14)17-4-2/h3,5-12H,1,4H2,2H3. The lowest BCUT2D eigenvalue weighted by Crippen LogP contribution is -1.95. The summed E-state index contributed by atoms with van der Waals surface area (Å²) in [6, 6.07) is 16.4. The van der Waals surface area contributed by atoms with Gasteiger partial charge < -0.3 is 4.74 Å². The first-order valence-electron chi connectivity index (χ1n) is 5.80. The third-order valence-corrected chi connectivity index (χ3v) is 2.65. The van der Waals surface area contributed by atoms with Crippen LogP contribution in [-0.2, 0) is 0 Å². The maximum absolute atomic E-state index is 5.62. The fourth-order valence-corrected chi connectivity index (χ4v) is 1.91. The maximum Gasteiger partial charge on any atom is 0.127 e. The van der Waals surface area contributed by atoms with Crippen molar-refractivity contribution in [3.05, 3.63) is 60.7 Å². The number of ether oxygens (including phenoxy) is 1. The average molecular weight is 224 g/mol. The zero-order valence-electron chi connectivity index (χ0n) is 10.0. The lowest BCUT2D eigenvalue weighted by Gasteiger charge is -2.12. The number of rotatable bonds is 4. The zero-order valence-corrected chi connectivity index (χ0v) is 10.0. The SMILES string of the molecule is C=Cc1c(OCC)cccc1-c1ccccc1. The highest BCUT2D eigenvalue weighted by Gasteiger charge is 2.07. The van der Waals surface area contributed by atoms with Crippen molar-refractivity contribution in [2.75, 3.05) is 6.61 Å². The molecule has 2 aromatic carbocycles. The van der Waals surface area contributed by atoms with Gasteiger partial charge >= 0.3 is 0 Å². The van der Waals surface area contributed by atoms with Crippen molar-refractivity contribution >= 4 is 6.08 Å². The fraction of sp³-hybridized carbons (Fsp3) is 0.125. The summed E-state index contributed by atoms with van der Waals surface area (Å²) >= 11 is 0. The van der Waals surface area contributed by atoms with Crippen LogP contribution in [0.5, 0.6) is 5.75 Å². The molecule has 0 atom stereocenters. The second-order valence-corrected chi connectivity index (χ2v) is 3.72. The predicted octanol–water partition coefficient (Wildman–Crippen LogP) is 4.40. The van der Waals surface area contributed by atoms with Gasteiger partial charge in [0.1, 0.15) is 5.75 Å². The normalized spacial score (nSPS) is 9.94. The average Bonchev–Trinajstić information content (AvgIpc) is 2.40. The van der Waals surface area contributed by atoms with E-state index in [1.54, 1.807) is 0 Å². The first-order valence-corrected chi connectivity index (χ1v) is 5.80. The Morgan fingerprint density at radius 2 is 1.82 bits per heavy atom. The van der Waals surface area contributed by atoms with Crippen molar-refractivity contribution in [2.45, 2.75) is 6.92 Å². The summed E-state index contributed by atoms with van der Waals surface area (Å²) in [4.78, 5) is 0. The summed E-state index contributed by atoms with van der Waals surface area (Å²) < 4.78 is 5.62. The van der Waals surface area contributed by atoms with Gasteiger partial charge in [0.15, 0.2) is 0 Å². The van der Waals surface area contributed by atoms with E-state index in [4.69, 9.17) is 4.74 Å². The molecule has 0 N–H and O–H groups in total. The van der Waals surface area contributed by atoms with Crippen LogP contribution in [0.15, 0.2) is 55.1 Å². The van der Waals surface area contributed by atoms with Gasteiger partial charge in [-0.05, 0) is 24.1 Å². The van der Waals surface area contributed by atoms with Crippen LogP contribution in [0.2, 0.25) is 0 Å². The molecule has 0 aliphatic heterocycles. The molecule has 86 valence electrons. The molecule has 17 heavy (non-hydrogen) atoms. The Hall–Kier alpha value is -2.02. The van der Waals surface area contributed by atoms with E-state index in [2.05, 4.69) is 24.8 Å². The first-order chi connectivity index (χ1) is 8.36. The summed E-state index contributed by atoms with van der Waals surface area (Å²) in [6.45, 7) is 6.53. The molecule has 0 spiro atoms. The van der Waals surface area contributed by atoms with E-state index in [0.717, 1.165) is 16.9 Å². The van der Waals surface area contributed by atoms with Crippen molar-refractivity contribution in [3.63, 3.8) is 0 Å². The third kappa shape index (κ3) is 2.39. The minimum atomic E-state index is 0.666. The van der Waals surface area contributed by atoms with Crippen molar-refractivity contribution < 1.29 is 4.74 Å². The van der Waals surface area contributed by atoms with Gasteiger partial charge in [-0.3, -0.25) is 0 Å². The van der Waals surface area contributed by atoms with Gasteiger partial charge in [0, 0.05) is 5.56 Å². The molecule has 1 nitrogen and oxygen atoms in total. The topological polar surface area (TPSA) is 9.23 Å². The molecule has 0 aliphatic rings. The molecule has 1 heteroatoms. The Kier molecular flexibility index (Phi) is 3.61. The second-order valence-electron chi connectivity index (χ2n) is 3.72. The molecule has 0 bridgehead atoms. The van der Waals surface area contributed by atoms with E-state index in [-0.39, 0.29) is 0 Å². The molecule has 0 heterocycles. The lowest BCUT2D eigenvalue weighted by atomic mass is 9.99. The predicted molar refractivity (Wildman–Crippen MR) is 73.1 cm³/mol. The van der Waals surface area contributed by atoms with Crippen LogP contribution in [0.1, 0.15) is 12.5 Å². The van der Waals surface area contributed by atoms with Crippen molar-refractivity contribution in [1.82, 2.24) is 0 Å². The van der Waals surface area contributed by atoms with Crippen LogP contribution < -0.4 is 4.74 Å². The minimum Gasteiger partial charge on any atom is -0.493 e. The van der Waals surface area contributed by atoms with E-state index in [1.807, 2.05) is 43.3 Å². The van der Waals surface area contributed by atoms with E-state index < -0.39 is 0 Å². The molecular formula is C16H16O. The summed E-state index contributed by atoms with van der Waals surface area (Å²) in [5.74, 6) is 0.892.